The van der Waals surface area contributed by atoms with E-state index in [9.17, 15) is 13.2 Å². The van der Waals surface area contributed by atoms with Gasteiger partial charge in [-0.05, 0) is 45.0 Å². The lowest BCUT2D eigenvalue weighted by molar-refractivity contribution is -0.146. The van der Waals surface area contributed by atoms with Gasteiger partial charge in [-0.3, -0.25) is 4.79 Å². The van der Waals surface area contributed by atoms with Gasteiger partial charge in [0.15, 0.2) is 0 Å². The molecule has 0 aliphatic carbocycles. The van der Waals surface area contributed by atoms with Crippen molar-refractivity contribution in [1.82, 2.24) is 14.9 Å². The summed E-state index contributed by atoms with van der Waals surface area (Å²) >= 11 is 0. The van der Waals surface area contributed by atoms with Gasteiger partial charge in [0, 0.05) is 27.2 Å². The van der Waals surface area contributed by atoms with E-state index in [0.29, 0.717) is 13.2 Å². The van der Waals surface area contributed by atoms with E-state index < -0.39 is 15.4 Å². The van der Waals surface area contributed by atoms with Crippen LogP contribution < -0.4 is 10.0 Å². The van der Waals surface area contributed by atoms with E-state index in [1.807, 2.05) is 6.92 Å². The van der Waals surface area contributed by atoms with Gasteiger partial charge in [0.1, 0.15) is 0 Å². The lowest BCUT2D eigenvalue weighted by Gasteiger charge is -2.38. The molecule has 1 heterocycles. The molecule has 1 fully saturated rings. The third kappa shape index (κ3) is 5.03. The van der Waals surface area contributed by atoms with Gasteiger partial charge < -0.3 is 15.0 Å². The van der Waals surface area contributed by atoms with Crippen molar-refractivity contribution in [2.45, 2.75) is 24.7 Å². The Bertz CT molecular complexity index is 692. The summed E-state index contributed by atoms with van der Waals surface area (Å²) in [6, 6.07) is 6.68. The van der Waals surface area contributed by atoms with Gasteiger partial charge in [-0.15, -0.1) is 0 Å². The predicted octanol–water partition coefficient (Wildman–Crippen LogP) is 0.748. The average Bonchev–Trinajstić information content (AvgIpc) is 2.62. The first-order valence-electron chi connectivity index (χ1n) is 8.82. The first-order valence-corrected chi connectivity index (χ1v) is 10.3. The first-order chi connectivity index (χ1) is 12.3. The van der Waals surface area contributed by atoms with Crippen molar-refractivity contribution in [2.75, 3.05) is 46.9 Å². The molecule has 7 nitrogen and oxygen atoms in total. The van der Waals surface area contributed by atoms with E-state index in [1.165, 1.54) is 0 Å². The van der Waals surface area contributed by atoms with Gasteiger partial charge >= 0.3 is 0 Å². The number of amides is 1. The summed E-state index contributed by atoms with van der Waals surface area (Å²) in [5, 5.41) is 3.26. The minimum absolute atomic E-state index is 0.00961. The van der Waals surface area contributed by atoms with Crippen molar-refractivity contribution in [2.24, 2.45) is 5.41 Å². The molecule has 146 valence electrons. The molecule has 1 aromatic carbocycles. The Morgan fingerprint density at radius 1 is 1.27 bits per heavy atom. The molecule has 1 aliphatic heterocycles. The number of carbonyl (C=O) groups excluding carboxylic acids is 1. The number of sulfonamides is 1. The Morgan fingerprint density at radius 3 is 2.46 bits per heavy atom. The van der Waals surface area contributed by atoms with E-state index in [1.54, 1.807) is 43.3 Å². The molecule has 0 aromatic heterocycles. The molecule has 1 amide bonds. The molecule has 8 heteroatoms. The number of aryl methyl sites for hydroxylation is 1. The molecule has 1 saturated heterocycles. The fourth-order valence-corrected chi connectivity index (χ4v) is 4.28. The maximum Gasteiger partial charge on any atom is 0.240 e. The molecule has 1 aromatic rings. The van der Waals surface area contributed by atoms with Gasteiger partial charge in [0.05, 0.1) is 16.9 Å². The number of benzene rings is 1. The van der Waals surface area contributed by atoms with Crippen LogP contribution in [0.3, 0.4) is 0 Å². The summed E-state index contributed by atoms with van der Waals surface area (Å²) < 4.78 is 32.5. The van der Waals surface area contributed by atoms with Crippen LogP contribution in [0.5, 0.6) is 0 Å². The van der Waals surface area contributed by atoms with Crippen molar-refractivity contribution in [3.63, 3.8) is 0 Å². The summed E-state index contributed by atoms with van der Waals surface area (Å²) in [5.41, 5.74) is 0.476. The van der Waals surface area contributed by atoms with Crippen LogP contribution in [-0.4, -0.2) is 66.2 Å². The van der Waals surface area contributed by atoms with Gasteiger partial charge in [0.25, 0.3) is 0 Å². The molecule has 0 spiro atoms. The Labute approximate surface area is 156 Å². The third-order valence-electron chi connectivity index (χ3n) is 4.85. The van der Waals surface area contributed by atoms with Gasteiger partial charge in [0.2, 0.25) is 15.9 Å². The molecule has 2 N–H and O–H groups in total. The van der Waals surface area contributed by atoms with E-state index in [4.69, 9.17) is 4.74 Å². The minimum Gasteiger partial charge on any atom is -0.384 e. The molecular weight excluding hydrogens is 354 g/mol. The zero-order valence-electron chi connectivity index (χ0n) is 15.7. The van der Waals surface area contributed by atoms with E-state index in [2.05, 4.69) is 10.0 Å². The highest BCUT2D eigenvalue weighted by molar-refractivity contribution is 7.89. The highest BCUT2D eigenvalue weighted by Crippen LogP contribution is 2.31. The van der Waals surface area contributed by atoms with Crippen LogP contribution in [0.4, 0.5) is 0 Å². The summed E-state index contributed by atoms with van der Waals surface area (Å²) in [6.07, 6.45) is 1.44. The maximum atomic E-state index is 12.9. The second-order valence-electron chi connectivity index (χ2n) is 6.90. The largest absolute Gasteiger partial charge is 0.384 e. The van der Waals surface area contributed by atoms with E-state index >= 15 is 0 Å². The topological polar surface area (TPSA) is 87.7 Å². The number of hydrogen-bond acceptors (Lipinski definition) is 5. The van der Waals surface area contributed by atoms with Crippen LogP contribution in [0.1, 0.15) is 18.4 Å². The molecule has 26 heavy (non-hydrogen) atoms. The summed E-state index contributed by atoms with van der Waals surface area (Å²) in [7, 11) is -0.257. The number of nitrogens with one attached hydrogen (secondary N) is 2. The molecule has 1 aliphatic rings. The highest BCUT2D eigenvalue weighted by Gasteiger charge is 2.41. The first kappa shape index (κ1) is 20.8. The van der Waals surface area contributed by atoms with Crippen LogP contribution >= 0.6 is 0 Å². The number of carbonyl (C=O) groups is 1. The molecule has 0 bridgehead atoms. The zero-order chi connectivity index (χ0) is 19.2. The van der Waals surface area contributed by atoms with Crippen LogP contribution in [0.15, 0.2) is 29.2 Å². The molecule has 0 saturated carbocycles. The standard InChI is InChI=1S/C18H29N3O4S/c1-15-4-6-16(7-5-15)26(23,24)20-12-13-21(2)17(22)18(14-25-3)8-10-19-11-9-18/h4-7,19-20H,8-14H2,1-3H3. The molecule has 0 unspecified atom stereocenters. The second-order valence-corrected chi connectivity index (χ2v) is 8.67. The van der Waals surface area contributed by atoms with Crippen molar-refractivity contribution < 1.29 is 17.9 Å². The van der Waals surface area contributed by atoms with Crippen LogP contribution in [-0.2, 0) is 19.6 Å². The monoisotopic (exact) mass is 383 g/mol. The number of likely N-dealkylation sites (N-methyl/N-ethyl adjacent to an activating group) is 1. The van der Waals surface area contributed by atoms with Crippen molar-refractivity contribution in [3.05, 3.63) is 29.8 Å². The van der Waals surface area contributed by atoms with Crippen molar-refractivity contribution >= 4 is 15.9 Å². The summed E-state index contributed by atoms with van der Waals surface area (Å²) in [4.78, 5) is 14.7. The molecule has 0 radical (unpaired) electrons. The van der Waals surface area contributed by atoms with Crippen LogP contribution in [0.2, 0.25) is 0 Å². The third-order valence-corrected chi connectivity index (χ3v) is 6.33. The molecule has 0 atom stereocenters. The van der Waals surface area contributed by atoms with Crippen LogP contribution in [0.25, 0.3) is 0 Å². The van der Waals surface area contributed by atoms with Crippen molar-refractivity contribution in [3.8, 4) is 0 Å². The lowest BCUT2D eigenvalue weighted by Crippen LogP contribution is -2.51. The van der Waals surface area contributed by atoms with E-state index in [-0.39, 0.29) is 17.3 Å². The number of nitrogens with zero attached hydrogens (tertiary/aromatic N) is 1. The highest BCUT2D eigenvalue weighted by atomic mass is 32.2. The zero-order valence-corrected chi connectivity index (χ0v) is 16.6. The normalized spacial score (nSPS) is 17.0. The van der Waals surface area contributed by atoms with Gasteiger partial charge in [-0.1, -0.05) is 17.7 Å². The van der Waals surface area contributed by atoms with E-state index in [0.717, 1.165) is 31.5 Å². The number of hydrogen-bond donors (Lipinski definition) is 2. The lowest BCUT2D eigenvalue weighted by atomic mass is 9.78. The Kier molecular flexibility index (Phi) is 7.16. The Morgan fingerprint density at radius 2 is 1.88 bits per heavy atom. The Hall–Kier alpha value is -1.48. The molecule has 2 rings (SSSR count). The number of ether oxygens (including phenoxy) is 1. The maximum absolute atomic E-state index is 12.9. The second kappa shape index (κ2) is 8.94. The predicted molar refractivity (Wildman–Crippen MR) is 100 cm³/mol. The van der Waals surface area contributed by atoms with Crippen molar-refractivity contribution in [1.29, 1.82) is 0 Å². The number of piperidine rings is 1. The quantitative estimate of drug-likeness (QED) is 0.692. The van der Waals surface area contributed by atoms with Gasteiger partial charge in [-0.2, -0.15) is 0 Å². The molecular formula is C18H29N3O4S. The average molecular weight is 384 g/mol. The fraction of sp³-hybridized carbons (Fsp3) is 0.611. The number of rotatable bonds is 8. The number of methoxy groups -OCH3 is 1. The SMILES string of the molecule is COCC1(C(=O)N(C)CCNS(=O)(=O)c2ccc(C)cc2)CCNCC1. The Balaban J connectivity index is 1.93. The smallest absolute Gasteiger partial charge is 0.240 e. The van der Waals surface area contributed by atoms with Gasteiger partial charge in [-0.25, -0.2) is 13.1 Å². The minimum atomic E-state index is -3.57. The van der Waals surface area contributed by atoms with Crippen LogP contribution in [0, 0.1) is 12.3 Å². The summed E-state index contributed by atoms with van der Waals surface area (Å²) in [6.45, 7) is 4.32. The summed E-state index contributed by atoms with van der Waals surface area (Å²) in [5.74, 6) is 0.00961. The fourth-order valence-electron chi connectivity index (χ4n) is 3.26.